The van der Waals surface area contributed by atoms with Crippen LogP contribution in [0.3, 0.4) is 0 Å². The smallest absolute Gasteiger partial charge is 0.293 e. The molecular formula is C18H20N4O3. The van der Waals surface area contributed by atoms with E-state index < -0.39 is 4.92 Å². The molecular weight excluding hydrogens is 320 g/mol. The molecule has 130 valence electrons. The first-order chi connectivity index (χ1) is 12.1. The third-order valence-electron chi connectivity index (χ3n) is 4.12. The Morgan fingerprint density at radius 3 is 2.68 bits per heavy atom. The minimum Gasteiger partial charge on any atom is -0.350 e. The number of nitrogens with zero attached hydrogens (tertiary/aromatic N) is 2. The second kappa shape index (κ2) is 7.76. The minimum atomic E-state index is -0.466. The quantitative estimate of drug-likeness (QED) is 0.660. The fraction of sp³-hybridized carbons (Fsp3) is 0.278. The van der Waals surface area contributed by atoms with Gasteiger partial charge in [0.1, 0.15) is 5.69 Å². The normalized spacial score (nSPS) is 14.6. The monoisotopic (exact) mass is 340 g/mol. The Morgan fingerprint density at radius 2 is 1.92 bits per heavy atom. The van der Waals surface area contributed by atoms with Crippen molar-refractivity contribution in [3.8, 4) is 0 Å². The highest BCUT2D eigenvalue weighted by molar-refractivity contribution is 5.96. The summed E-state index contributed by atoms with van der Waals surface area (Å²) in [6.45, 7) is 2.88. The lowest BCUT2D eigenvalue weighted by Gasteiger charge is -2.20. The fourth-order valence-electron chi connectivity index (χ4n) is 2.83. The maximum Gasteiger partial charge on any atom is 0.293 e. The summed E-state index contributed by atoms with van der Waals surface area (Å²) >= 11 is 0. The van der Waals surface area contributed by atoms with Crippen molar-refractivity contribution < 1.29 is 9.72 Å². The van der Waals surface area contributed by atoms with Crippen LogP contribution in [0.2, 0.25) is 0 Å². The van der Waals surface area contributed by atoms with Gasteiger partial charge in [-0.25, -0.2) is 0 Å². The molecule has 0 atom stereocenters. The molecule has 1 saturated heterocycles. The summed E-state index contributed by atoms with van der Waals surface area (Å²) in [7, 11) is 0. The van der Waals surface area contributed by atoms with Gasteiger partial charge in [-0.05, 0) is 37.2 Å². The Balaban J connectivity index is 1.85. The number of hydrogen-bond acceptors (Lipinski definition) is 5. The average molecular weight is 340 g/mol. The van der Waals surface area contributed by atoms with Crippen LogP contribution in [0.15, 0.2) is 48.5 Å². The Kier molecular flexibility index (Phi) is 5.25. The van der Waals surface area contributed by atoms with E-state index in [1.54, 1.807) is 17.0 Å². The van der Waals surface area contributed by atoms with Gasteiger partial charge in [0.05, 0.1) is 4.92 Å². The summed E-state index contributed by atoms with van der Waals surface area (Å²) in [5.41, 5.74) is 1.35. The average Bonchev–Trinajstić information content (AvgIpc) is 2.91. The van der Waals surface area contributed by atoms with Crippen molar-refractivity contribution in [3.63, 3.8) is 0 Å². The summed E-state index contributed by atoms with van der Waals surface area (Å²) in [6.07, 6.45) is 0.876. The van der Waals surface area contributed by atoms with Gasteiger partial charge in [0.2, 0.25) is 0 Å². The number of carbonyl (C=O) groups is 1. The number of anilines is 2. The van der Waals surface area contributed by atoms with E-state index in [1.165, 1.54) is 6.07 Å². The molecule has 0 bridgehead atoms. The Hall–Kier alpha value is -2.93. The second-order valence-electron chi connectivity index (χ2n) is 5.88. The van der Waals surface area contributed by atoms with Gasteiger partial charge in [-0.15, -0.1) is 0 Å². The number of para-hydroxylation sites is 1. The highest BCUT2D eigenvalue weighted by Gasteiger charge is 2.22. The molecule has 1 heterocycles. The van der Waals surface area contributed by atoms with E-state index in [4.69, 9.17) is 0 Å². The summed E-state index contributed by atoms with van der Waals surface area (Å²) in [4.78, 5) is 25.4. The van der Waals surface area contributed by atoms with Gasteiger partial charge in [0, 0.05) is 37.0 Å². The van der Waals surface area contributed by atoms with E-state index in [-0.39, 0.29) is 11.6 Å². The van der Waals surface area contributed by atoms with Crippen LogP contribution in [-0.4, -0.2) is 41.9 Å². The number of hydrogen-bond donors (Lipinski definition) is 2. The summed E-state index contributed by atoms with van der Waals surface area (Å²) in [5, 5.41) is 17.7. The topological polar surface area (TPSA) is 87.5 Å². The number of nitro groups is 1. The molecule has 1 aliphatic rings. The van der Waals surface area contributed by atoms with Crippen molar-refractivity contribution in [2.75, 3.05) is 31.5 Å². The summed E-state index contributed by atoms with van der Waals surface area (Å²) in [6, 6.07) is 13.8. The molecule has 0 aliphatic carbocycles. The van der Waals surface area contributed by atoms with Gasteiger partial charge in [0.25, 0.3) is 11.6 Å². The van der Waals surface area contributed by atoms with Gasteiger partial charge in [-0.2, -0.15) is 0 Å². The predicted octanol–water partition coefficient (Wildman–Crippen LogP) is 2.77. The minimum absolute atomic E-state index is 0.109. The summed E-state index contributed by atoms with van der Waals surface area (Å²) < 4.78 is 0. The third-order valence-corrected chi connectivity index (χ3v) is 4.12. The van der Waals surface area contributed by atoms with Crippen molar-refractivity contribution in [2.45, 2.75) is 6.42 Å². The van der Waals surface area contributed by atoms with Crippen LogP contribution >= 0.6 is 0 Å². The van der Waals surface area contributed by atoms with Crippen LogP contribution in [0.1, 0.15) is 16.8 Å². The van der Waals surface area contributed by atoms with E-state index in [1.807, 2.05) is 30.3 Å². The molecule has 0 saturated carbocycles. The predicted molar refractivity (Wildman–Crippen MR) is 96.2 cm³/mol. The number of benzene rings is 2. The SMILES string of the molecule is O=C(c1ccc(Nc2ccccc2)c([N+](=O)[O-])c1)N1CCCNCC1. The van der Waals surface area contributed by atoms with Crippen LogP contribution in [0, 0.1) is 10.1 Å². The van der Waals surface area contributed by atoms with Gasteiger partial charge < -0.3 is 15.5 Å². The van der Waals surface area contributed by atoms with Crippen LogP contribution < -0.4 is 10.6 Å². The lowest BCUT2D eigenvalue weighted by atomic mass is 10.1. The summed E-state index contributed by atoms with van der Waals surface area (Å²) in [5.74, 6) is -0.168. The zero-order valence-electron chi connectivity index (χ0n) is 13.8. The fourth-order valence-corrected chi connectivity index (χ4v) is 2.83. The van der Waals surface area contributed by atoms with Crippen molar-refractivity contribution in [1.29, 1.82) is 0 Å². The highest BCUT2D eigenvalue weighted by atomic mass is 16.6. The molecule has 0 unspecified atom stereocenters. The zero-order chi connectivity index (χ0) is 17.6. The van der Waals surface area contributed by atoms with Crippen LogP contribution in [0.5, 0.6) is 0 Å². The van der Waals surface area contributed by atoms with Crippen LogP contribution in [-0.2, 0) is 0 Å². The Morgan fingerprint density at radius 1 is 1.12 bits per heavy atom. The molecule has 7 nitrogen and oxygen atoms in total. The van der Waals surface area contributed by atoms with Gasteiger partial charge in [-0.3, -0.25) is 14.9 Å². The van der Waals surface area contributed by atoms with Crippen molar-refractivity contribution in [1.82, 2.24) is 10.2 Å². The molecule has 1 fully saturated rings. The molecule has 0 aromatic heterocycles. The van der Waals surface area contributed by atoms with Crippen LogP contribution in [0.25, 0.3) is 0 Å². The van der Waals surface area contributed by atoms with Crippen molar-refractivity contribution in [2.24, 2.45) is 0 Å². The first kappa shape index (κ1) is 16.9. The molecule has 0 radical (unpaired) electrons. The highest BCUT2D eigenvalue weighted by Crippen LogP contribution is 2.29. The van der Waals surface area contributed by atoms with Crippen molar-refractivity contribution in [3.05, 3.63) is 64.2 Å². The first-order valence-corrected chi connectivity index (χ1v) is 8.25. The van der Waals surface area contributed by atoms with E-state index >= 15 is 0 Å². The zero-order valence-corrected chi connectivity index (χ0v) is 13.8. The molecule has 0 spiro atoms. The third kappa shape index (κ3) is 4.13. The lowest BCUT2D eigenvalue weighted by molar-refractivity contribution is -0.383. The van der Waals surface area contributed by atoms with Crippen LogP contribution in [0.4, 0.5) is 17.1 Å². The molecule has 3 rings (SSSR count). The maximum atomic E-state index is 12.7. The number of rotatable bonds is 4. The standard InChI is InChI=1S/C18H20N4O3/c23-18(21-11-4-9-19-10-12-21)14-7-8-16(17(13-14)22(24)25)20-15-5-2-1-3-6-15/h1-3,5-8,13,19-20H,4,9-12H2. The lowest BCUT2D eigenvalue weighted by Crippen LogP contribution is -2.34. The van der Waals surface area contributed by atoms with E-state index in [2.05, 4.69) is 10.6 Å². The van der Waals surface area contributed by atoms with Crippen molar-refractivity contribution >= 4 is 23.0 Å². The molecule has 1 aliphatic heterocycles. The van der Waals surface area contributed by atoms with Gasteiger partial charge >= 0.3 is 0 Å². The largest absolute Gasteiger partial charge is 0.350 e. The van der Waals surface area contributed by atoms with E-state index in [0.29, 0.717) is 24.3 Å². The molecule has 2 N–H and O–H groups in total. The second-order valence-corrected chi connectivity index (χ2v) is 5.88. The molecule has 7 heteroatoms. The van der Waals surface area contributed by atoms with Gasteiger partial charge in [-0.1, -0.05) is 18.2 Å². The Labute approximate surface area is 145 Å². The molecule has 2 aromatic carbocycles. The molecule has 1 amide bonds. The number of amides is 1. The van der Waals surface area contributed by atoms with Gasteiger partial charge in [0.15, 0.2) is 0 Å². The first-order valence-electron chi connectivity index (χ1n) is 8.25. The maximum absolute atomic E-state index is 12.7. The van der Waals surface area contributed by atoms with E-state index in [9.17, 15) is 14.9 Å². The Bertz CT molecular complexity index is 756. The number of carbonyl (C=O) groups excluding carboxylic acids is 1. The van der Waals surface area contributed by atoms with E-state index in [0.717, 1.165) is 25.2 Å². The number of nitrogens with one attached hydrogen (secondary N) is 2. The number of nitro benzene ring substituents is 1. The molecule has 2 aromatic rings. The molecule has 25 heavy (non-hydrogen) atoms.